The number of alkyl halides is 3. The topological polar surface area (TPSA) is 73.2 Å². The van der Waals surface area contributed by atoms with E-state index in [2.05, 4.69) is 9.82 Å². The number of benzene rings is 1. The third-order valence-electron chi connectivity index (χ3n) is 4.86. The van der Waals surface area contributed by atoms with E-state index in [1.54, 1.807) is 19.1 Å². The Morgan fingerprint density at radius 2 is 1.86 bits per heavy atom. The number of nitrogens with zero attached hydrogens (tertiary/aromatic N) is 2. The molecular formula is C18H22F3N3O3S. The molecule has 28 heavy (non-hydrogen) atoms. The van der Waals surface area contributed by atoms with Gasteiger partial charge in [0.05, 0.1) is 24.7 Å². The third kappa shape index (κ3) is 4.08. The highest BCUT2D eigenvalue weighted by Crippen LogP contribution is 2.34. The van der Waals surface area contributed by atoms with E-state index in [9.17, 15) is 21.6 Å². The standard InChI is InChI=1S/C18H22F3N3O3S/c1-11-8-13(3)16(9-12(11)2)28(25,26)22-5-6-24-15-4-7-27-10-14(15)17(23-24)18(19,20)21/h8-9,22H,4-7,10H2,1-3H3. The van der Waals surface area contributed by atoms with Gasteiger partial charge in [-0.25, -0.2) is 13.1 Å². The van der Waals surface area contributed by atoms with Crippen molar-refractivity contribution in [3.63, 3.8) is 0 Å². The molecule has 0 fully saturated rings. The monoisotopic (exact) mass is 417 g/mol. The molecule has 1 aromatic heterocycles. The third-order valence-corrected chi connectivity index (χ3v) is 6.46. The van der Waals surface area contributed by atoms with E-state index in [0.717, 1.165) is 11.1 Å². The smallest absolute Gasteiger partial charge is 0.376 e. The SMILES string of the molecule is Cc1cc(C)c(S(=O)(=O)NCCn2nc(C(F)(F)F)c3c2CCOC3)cc1C. The quantitative estimate of drug-likeness (QED) is 0.812. The summed E-state index contributed by atoms with van der Waals surface area (Å²) in [4.78, 5) is 0.169. The predicted molar refractivity (Wildman–Crippen MR) is 96.4 cm³/mol. The molecule has 0 aliphatic carbocycles. The van der Waals surface area contributed by atoms with Crippen LogP contribution in [0.4, 0.5) is 13.2 Å². The zero-order valence-corrected chi connectivity index (χ0v) is 16.7. The van der Waals surface area contributed by atoms with Gasteiger partial charge in [-0.05, 0) is 43.5 Å². The van der Waals surface area contributed by atoms with Crippen LogP contribution in [-0.2, 0) is 40.5 Å². The maximum absolute atomic E-state index is 13.2. The van der Waals surface area contributed by atoms with Gasteiger partial charge in [0, 0.05) is 24.2 Å². The first-order valence-corrected chi connectivity index (χ1v) is 10.3. The van der Waals surface area contributed by atoms with Gasteiger partial charge < -0.3 is 4.74 Å². The second-order valence-corrected chi connectivity index (χ2v) is 8.63. The number of rotatable bonds is 5. The van der Waals surface area contributed by atoms with Crippen molar-refractivity contribution in [2.24, 2.45) is 0 Å². The van der Waals surface area contributed by atoms with Crippen molar-refractivity contribution >= 4 is 10.0 Å². The minimum Gasteiger partial charge on any atom is -0.376 e. The molecule has 0 spiro atoms. The molecule has 0 bridgehead atoms. The van der Waals surface area contributed by atoms with E-state index >= 15 is 0 Å². The molecule has 0 atom stereocenters. The van der Waals surface area contributed by atoms with Gasteiger partial charge in [-0.2, -0.15) is 18.3 Å². The fraction of sp³-hybridized carbons (Fsp3) is 0.500. The lowest BCUT2D eigenvalue weighted by Gasteiger charge is -2.16. The van der Waals surface area contributed by atoms with E-state index in [1.807, 2.05) is 13.8 Å². The molecule has 0 saturated heterocycles. The van der Waals surface area contributed by atoms with Crippen LogP contribution in [0.2, 0.25) is 0 Å². The van der Waals surface area contributed by atoms with Gasteiger partial charge in [0.25, 0.3) is 0 Å². The highest BCUT2D eigenvalue weighted by atomic mass is 32.2. The van der Waals surface area contributed by atoms with Gasteiger partial charge in [0.2, 0.25) is 10.0 Å². The van der Waals surface area contributed by atoms with Crippen molar-refractivity contribution in [2.45, 2.75) is 51.4 Å². The summed E-state index contributed by atoms with van der Waals surface area (Å²) in [5.41, 5.74) is 1.97. The van der Waals surface area contributed by atoms with E-state index in [-0.39, 0.29) is 30.2 Å². The molecule has 10 heteroatoms. The Hall–Kier alpha value is -1.91. The van der Waals surface area contributed by atoms with Crippen LogP contribution in [-0.4, -0.2) is 31.3 Å². The van der Waals surface area contributed by atoms with Gasteiger partial charge in [-0.3, -0.25) is 4.68 Å². The summed E-state index contributed by atoms with van der Waals surface area (Å²) in [7, 11) is -3.78. The van der Waals surface area contributed by atoms with Crippen molar-refractivity contribution < 1.29 is 26.3 Å². The molecule has 2 aromatic rings. The van der Waals surface area contributed by atoms with Gasteiger partial charge in [-0.1, -0.05) is 6.07 Å². The second kappa shape index (κ2) is 7.49. The van der Waals surface area contributed by atoms with Crippen molar-refractivity contribution in [1.29, 1.82) is 0 Å². The van der Waals surface area contributed by atoms with E-state index in [0.29, 0.717) is 24.3 Å². The Balaban J connectivity index is 1.78. The Kier molecular flexibility index (Phi) is 5.57. The molecule has 0 amide bonds. The number of halogens is 3. The summed E-state index contributed by atoms with van der Waals surface area (Å²) in [6, 6.07) is 3.39. The first-order chi connectivity index (χ1) is 13.0. The maximum Gasteiger partial charge on any atom is 0.435 e. The molecule has 1 aliphatic rings. The molecule has 1 N–H and O–H groups in total. The maximum atomic E-state index is 13.2. The van der Waals surface area contributed by atoms with Crippen molar-refractivity contribution in [2.75, 3.05) is 13.2 Å². The molecule has 0 radical (unpaired) electrons. The van der Waals surface area contributed by atoms with Crippen molar-refractivity contribution in [3.05, 3.63) is 45.8 Å². The molecule has 154 valence electrons. The molecule has 0 saturated carbocycles. The zero-order valence-electron chi connectivity index (χ0n) is 15.9. The van der Waals surface area contributed by atoms with Crippen LogP contribution in [0.25, 0.3) is 0 Å². The van der Waals surface area contributed by atoms with Crippen molar-refractivity contribution in [3.8, 4) is 0 Å². The second-order valence-electron chi connectivity index (χ2n) is 6.90. The number of hydrogen-bond acceptors (Lipinski definition) is 4. The van der Waals surface area contributed by atoms with Gasteiger partial charge in [0.15, 0.2) is 5.69 Å². The zero-order chi connectivity index (χ0) is 20.7. The summed E-state index contributed by atoms with van der Waals surface area (Å²) >= 11 is 0. The van der Waals surface area contributed by atoms with Crippen LogP contribution in [0.3, 0.4) is 0 Å². The minimum atomic E-state index is -4.58. The number of fused-ring (bicyclic) bond motifs is 1. The summed E-state index contributed by atoms with van der Waals surface area (Å²) in [5, 5.41) is 3.68. The van der Waals surface area contributed by atoms with Crippen LogP contribution in [0.15, 0.2) is 17.0 Å². The van der Waals surface area contributed by atoms with Crippen LogP contribution in [0, 0.1) is 20.8 Å². The number of ether oxygens (including phenoxy) is 1. The Morgan fingerprint density at radius 3 is 2.54 bits per heavy atom. The largest absolute Gasteiger partial charge is 0.435 e. The minimum absolute atomic E-state index is 0.00152. The molecule has 1 aromatic carbocycles. The van der Waals surface area contributed by atoms with Crippen LogP contribution in [0.5, 0.6) is 0 Å². The fourth-order valence-electron chi connectivity index (χ4n) is 3.31. The van der Waals surface area contributed by atoms with E-state index in [1.165, 1.54) is 4.68 Å². The lowest BCUT2D eigenvalue weighted by atomic mass is 10.1. The molecular weight excluding hydrogens is 395 g/mol. The number of hydrogen-bond donors (Lipinski definition) is 1. The first-order valence-electron chi connectivity index (χ1n) is 8.81. The fourth-order valence-corrected chi connectivity index (χ4v) is 4.64. The van der Waals surface area contributed by atoms with Crippen molar-refractivity contribution in [1.82, 2.24) is 14.5 Å². The average Bonchev–Trinajstić information content (AvgIpc) is 2.97. The summed E-state index contributed by atoms with van der Waals surface area (Å²) < 4.78 is 73.6. The average molecular weight is 417 g/mol. The van der Waals surface area contributed by atoms with Gasteiger partial charge >= 0.3 is 6.18 Å². The number of aryl methyl sites for hydroxylation is 3. The van der Waals surface area contributed by atoms with Gasteiger partial charge in [0.1, 0.15) is 0 Å². The van der Waals surface area contributed by atoms with Crippen LogP contribution in [0.1, 0.15) is 33.6 Å². The number of sulfonamides is 1. The predicted octanol–water partition coefficient (Wildman–Crippen LogP) is 2.88. The molecule has 6 nitrogen and oxygen atoms in total. The van der Waals surface area contributed by atoms with Gasteiger partial charge in [-0.15, -0.1) is 0 Å². The molecule has 0 unspecified atom stereocenters. The summed E-state index contributed by atoms with van der Waals surface area (Å²) in [6.07, 6.45) is -4.27. The Labute approximate surface area is 161 Å². The highest BCUT2D eigenvalue weighted by Gasteiger charge is 2.39. The molecule has 1 aliphatic heterocycles. The number of aromatic nitrogens is 2. The summed E-state index contributed by atoms with van der Waals surface area (Å²) in [6.45, 7) is 5.53. The molecule has 3 rings (SSSR count). The summed E-state index contributed by atoms with van der Waals surface area (Å²) in [5.74, 6) is 0. The lowest BCUT2D eigenvalue weighted by Crippen LogP contribution is -2.29. The van der Waals surface area contributed by atoms with Crippen LogP contribution >= 0.6 is 0 Å². The normalized spacial score (nSPS) is 14.9. The highest BCUT2D eigenvalue weighted by molar-refractivity contribution is 7.89. The Bertz CT molecular complexity index is 998. The Morgan fingerprint density at radius 1 is 1.18 bits per heavy atom. The van der Waals surface area contributed by atoms with E-state index in [4.69, 9.17) is 4.74 Å². The number of nitrogens with one attached hydrogen (secondary N) is 1. The van der Waals surface area contributed by atoms with Crippen LogP contribution < -0.4 is 4.72 Å². The lowest BCUT2D eigenvalue weighted by molar-refractivity contribution is -0.142. The molecule has 2 heterocycles. The van der Waals surface area contributed by atoms with E-state index < -0.39 is 21.9 Å². The first kappa shape index (κ1) is 20.8.